The van der Waals surface area contributed by atoms with Gasteiger partial charge in [-0.05, 0) is 25.7 Å². The Morgan fingerprint density at radius 3 is 2.67 bits per heavy atom. The van der Waals surface area contributed by atoms with Crippen LogP contribution in [0.15, 0.2) is 0 Å². The monoisotopic (exact) mass is 297 g/mol. The number of nitrogens with zero attached hydrogens (tertiary/aromatic N) is 1. The molecule has 2 fully saturated rings. The molecule has 2 heterocycles. The second-order valence-corrected chi connectivity index (χ2v) is 6.17. The molecule has 21 heavy (non-hydrogen) atoms. The number of nitrogens with two attached hydrogens (primary N) is 1. The van der Waals surface area contributed by atoms with E-state index in [1.165, 1.54) is 0 Å². The fourth-order valence-electron chi connectivity index (χ4n) is 2.94. The van der Waals surface area contributed by atoms with Gasteiger partial charge in [0, 0.05) is 32.2 Å². The Bertz CT molecular complexity index is 372. The molecule has 2 rings (SSSR count). The summed E-state index contributed by atoms with van der Waals surface area (Å²) < 4.78 is 5.25. The van der Waals surface area contributed by atoms with Crippen molar-refractivity contribution in [1.82, 2.24) is 10.2 Å². The number of hydrogen-bond donors (Lipinski definition) is 2. The topological polar surface area (TPSA) is 84.7 Å². The molecule has 0 aromatic rings. The third-order valence-electron chi connectivity index (χ3n) is 4.46. The number of carbonyl (C=O) groups is 2. The highest BCUT2D eigenvalue weighted by Gasteiger charge is 2.42. The van der Waals surface area contributed by atoms with E-state index in [0.29, 0.717) is 32.7 Å². The van der Waals surface area contributed by atoms with Crippen LogP contribution < -0.4 is 11.1 Å². The zero-order chi connectivity index (χ0) is 15.3. The van der Waals surface area contributed by atoms with Gasteiger partial charge in [0.25, 0.3) is 0 Å². The van der Waals surface area contributed by atoms with Gasteiger partial charge in [0.05, 0.1) is 6.61 Å². The minimum Gasteiger partial charge on any atom is -0.379 e. The number of hydrogen-bond acceptors (Lipinski definition) is 4. The van der Waals surface area contributed by atoms with Crippen LogP contribution in [0, 0.1) is 5.92 Å². The molecule has 1 unspecified atom stereocenters. The molecule has 3 N–H and O–H groups in total. The highest BCUT2D eigenvalue weighted by atomic mass is 16.5. The molecular formula is C15H27N3O3. The summed E-state index contributed by atoms with van der Waals surface area (Å²) in [6.45, 7) is 4.94. The highest BCUT2D eigenvalue weighted by molar-refractivity contribution is 5.87. The van der Waals surface area contributed by atoms with Crippen LogP contribution in [-0.4, -0.2) is 55.1 Å². The van der Waals surface area contributed by atoms with Gasteiger partial charge in [0.2, 0.25) is 11.8 Å². The number of amides is 2. The molecule has 0 aliphatic carbocycles. The summed E-state index contributed by atoms with van der Waals surface area (Å²) in [6, 6.07) is 0. The van der Waals surface area contributed by atoms with E-state index in [9.17, 15) is 9.59 Å². The number of unbranched alkanes of at least 4 members (excludes halogenated alkanes) is 1. The van der Waals surface area contributed by atoms with E-state index in [0.717, 1.165) is 32.2 Å². The van der Waals surface area contributed by atoms with Gasteiger partial charge in [-0.2, -0.15) is 0 Å². The van der Waals surface area contributed by atoms with Crippen molar-refractivity contribution in [3.8, 4) is 0 Å². The number of likely N-dealkylation sites (tertiary alicyclic amines) is 1. The van der Waals surface area contributed by atoms with E-state index in [1.807, 2.05) is 0 Å². The Kier molecular flexibility index (Phi) is 5.58. The van der Waals surface area contributed by atoms with Crippen LogP contribution in [0.3, 0.4) is 0 Å². The zero-order valence-electron chi connectivity index (χ0n) is 12.9. The Morgan fingerprint density at radius 1 is 1.38 bits per heavy atom. The maximum atomic E-state index is 12.4. The molecule has 1 atom stereocenters. The van der Waals surface area contributed by atoms with Crippen molar-refractivity contribution >= 4 is 11.8 Å². The predicted octanol–water partition coefficient (Wildman–Crippen LogP) is 0.259. The summed E-state index contributed by atoms with van der Waals surface area (Å²) in [5, 5.41) is 2.97. The molecule has 2 amide bonds. The highest BCUT2D eigenvalue weighted by Crippen LogP contribution is 2.23. The summed E-state index contributed by atoms with van der Waals surface area (Å²) in [4.78, 5) is 26.2. The second-order valence-electron chi connectivity index (χ2n) is 6.17. The summed E-state index contributed by atoms with van der Waals surface area (Å²) in [6.07, 6.45) is 4.12. The molecular weight excluding hydrogens is 270 g/mol. The summed E-state index contributed by atoms with van der Waals surface area (Å²) >= 11 is 0. The Morgan fingerprint density at radius 2 is 2.10 bits per heavy atom. The molecule has 6 heteroatoms. The average molecular weight is 297 g/mol. The molecule has 2 saturated heterocycles. The van der Waals surface area contributed by atoms with Crippen molar-refractivity contribution in [1.29, 1.82) is 0 Å². The second kappa shape index (κ2) is 7.22. The molecule has 2 aliphatic heterocycles. The van der Waals surface area contributed by atoms with Gasteiger partial charge in [-0.3, -0.25) is 9.59 Å². The lowest BCUT2D eigenvalue weighted by molar-refractivity contribution is -0.140. The van der Waals surface area contributed by atoms with Crippen LogP contribution in [0.1, 0.15) is 39.0 Å². The molecule has 2 aliphatic rings. The Hall–Kier alpha value is -1.14. The molecule has 6 nitrogen and oxygen atoms in total. The number of rotatable bonds is 5. The standard InChI is InChI=1S/C15H27N3O3/c1-2-3-7-17-13(19)12-4-8-18(9-5-12)14(20)15(16)6-10-21-11-15/h12H,2-11,16H2,1H3,(H,17,19). The first kappa shape index (κ1) is 16.2. The minimum atomic E-state index is -0.851. The van der Waals surface area contributed by atoms with Crippen LogP contribution in [0.4, 0.5) is 0 Å². The summed E-state index contributed by atoms with van der Waals surface area (Å²) in [5.74, 6) is 0.131. The van der Waals surface area contributed by atoms with Crippen LogP contribution >= 0.6 is 0 Å². The van der Waals surface area contributed by atoms with E-state index in [4.69, 9.17) is 10.5 Å². The van der Waals surface area contributed by atoms with Crippen LogP contribution in [0.25, 0.3) is 0 Å². The molecule has 120 valence electrons. The Balaban J connectivity index is 1.77. The van der Waals surface area contributed by atoms with Crippen LogP contribution in [0.2, 0.25) is 0 Å². The molecule has 0 bridgehead atoms. The van der Waals surface area contributed by atoms with Gasteiger partial charge in [-0.25, -0.2) is 0 Å². The van der Waals surface area contributed by atoms with Gasteiger partial charge in [-0.1, -0.05) is 13.3 Å². The van der Waals surface area contributed by atoms with Gasteiger partial charge in [0.15, 0.2) is 0 Å². The predicted molar refractivity (Wildman–Crippen MR) is 79.6 cm³/mol. The largest absolute Gasteiger partial charge is 0.379 e. The third-order valence-corrected chi connectivity index (χ3v) is 4.46. The van der Waals surface area contributed by atoms with Crippen molar-refractivity contribution < 1.29 is 14.3 Å². The molecule has 0 spiro atoms. The smallest absolute Gasteiger partial charge is 0.245 e. The molecule has 0 aromatic heterocycles. The minimum absolute atomic E-state index is 0.0233. The summed E-state index contributed by atoms with van der Waals surface area (Å²) in [7, 11) is 0. The van der Waals surface area contributed by atoms with Crippen LogP contribution in [-0.2, 0) is 14.3 Å². The van der Waals surface area contributed by atoms with E-state index in [2.05, 4.69) is 12.2 Å². The summed E-state index contributed by atoms with van der Waals surface area (Å²) in [5.41, 5.74) is 5.26. The average Bonchev–Trinajstić information content (AvgIpc) is 2.95. The molecule has 0 saturated carbocycles. The van der Waals surface area contributed by atoms with Crippen molar-refractivity contribution in [3.63, 3.8) is 0 Å². The first-order valence-electron chi connectivity index (χ1n) is 8.00. The fourth-order valence-corrected chi connectivity index (χ4v) is 2.94. The van der Waals surface area contributed by atoms with E-state index in [-0.39, 0.29) is 17.7 Å². The SMILES string of the molecule is CCCCNC(=O)C1CCN(C(=O)C2(N)CCOC2)CC1. The quantitative estimate of drug-likeness (QED) is 0.713. The van der Waals surface area contributed by atoms with Crippen molar-refractivity contribution in [2.24, 2.45) is 11.7 Å². The van der Waals surface area contributed by atoms with Crippen molar-refractivity contribution in [2.45, 2.75) is 44.6 Å². The first-order valence-corrected chi connectivity index (χ1v) is 8.00. The van der Waals surface area contributed by atoms with E-state index >= 15 is 0 Å². The number of carbonyl (C=O) groups excluding carboxylic acids is 2. The molecule has 0 aromatic carbocycles. The van der Waals surface area contributed by atoms with Gasteiger partial charge in [0.1, 0.15) is 5.54 Å². The lowest BCUT2D eigenvalue weighted by atomic mass is 9.92. The lowest BCUT2D eigenvalue weighted by Gasteiger charge is -2.35. The normalized spacial score (nSPS) is 26.9. The van der Waals surface area contributed by atoms with Gasteiger partial charge in [-0.15, -0.1) is 0 Å². The first-order chi connectivity index (χ1) is 10.1. The fraction of sp³-hybridized carbons (Fsp3) is 0.867. The van der Waals surface area contributed by atoms with E-state index < -0.39 is 5.54 Å². The Labute approximate surface area is 126 Å². The van der Waals surface area contributed by atoms with Crippen LogP contribution in [0.5, 0.6) is 0 Å². The van der Waals surface area contributed by atoms with Crippen molar-refractivity contribution in [3.05, 3.63) is 0 Å². The zero-order valence-corrected chi connectivity index (χ0v) is 12.9. The number of nitrogens with one attached hydrogen (secondary N) is 1. The maximum absolute atomic E-state index is 12.4. The number of ether oxygens (including phenoxy) is 1. The van der Waals surface area contributed by atoms with Gasteiger partial charge >= 0.3 is 0 Å². The van der Waals surface area contributed by atoms with E-state index in [1.54, 1.807) is 4.90 Å². The lowest BCUT2D eigenvalue weighted by Crippen LogP contribution is -2.57. The maximum Gasteiger partial charge on any atom is 0.245 e. The van der Waals surface area contributed by atoms with Crippen molar-refractivity contribution in [2.75, 3.05) is 32.8 Å². The third kappa shape index (κ3) is 3.95. The van der Waals surface area contributed by atoms with Gasteiger partial charge < -0.3 is 20.7 Å². The molecule has 0 radical (unpaired) electrons. The number of piperidine rings is 1.